The first kappa shape index (κ1) is 15.5. The van der Waals surface area contributed by atoms with Gasteiger partial charge in [0.25, 0.3) is 0 Å². The zero-order chi connectivity index (χ0) is 14.7. The van der Waals surface area contributed by atoms with Crippen LogP contribution in [0.4, 0.5) is 13.2 Å². The van der Waals surface area contributed by atoms with Crippen molar-refractivity contribution in [1.82, 2.24) is 5.32 Å². The van der Waals surface area contributed by atoms with Gasteiger partial charge in [0.1, 0.15) is 5.54 Å². The van der Waals surface area contributed by atoms with Crippen LogP contribution in [0.15, 0.2) is 24.3 Å². The molecule has 6 heteroatoms. The molecule has 0 aliphatic rings. The summed E-state index contributed by atoms with van der Waals surface area (Å²) in [5.41, 5.74) is -0.925. The van der Waals surface area contributed by atoms with Gasteiger partial charge in [0.05, 0.1) is 12.7 Å². The highest BCUT2D eigenvalue weighted by atomic mass is 19.4. The fourth-order valence-corrected chi connectivity index (χ4v) is 1.46. The van der Waals surface area contributed by atoms with Gasteiger partial charge in [-0.05, 0) is 31.5 Å². The number of esters is 1. The quantitative estimate of drug-likeness (QED) is 0.859. The molecule has 0 heterocycles. The summed E-state index contributed by atoms with van der Waals surface area (Å²) in [4.78, 5) is 11.4. The van der Waals surface area contributed by atoms with E-state index in [1.807, 2.05) is 0 Å². The van der Waals surface area contributed by atoms with Gasteiger partial charge in [-0.1, -0.05) is 12.1 Å². The van der Waals surface area contributed by atoms with Gasteiger partial charge in [-0.3, -0.25) is 10.1 Å². The molecular formula is C13H16F3NO2. The summed E-state index contributed by atoms with van der Waals surface area (Å²) in [6.45, 7) is 3.56. The Hall–Kier alpha value is -1.56. The number of benzene rings is 1. The van der Waals surface area contributed by atoms with E-state index < -0.39 is 23.2 Å². The van der Waals surface area contributed by atoms with E-state index >= 15 is 0 Å². The fraction of sp³-hybridized carbons (Fsp3) is 0.462. The highest BCUT2D eigenvalue weighted by Crippen LogP contribution is 2.29. The topological polar surface area (TPSA) is 38.3 Å². The van der Waals surface area contributed by atoms with Crippen LogP contribution in [-0.4, -0.2) is 18.6 Å². The van der Waals surface area contributed by atoms with E-state index in [1.54, 1.807) is 13.8 Å². The lowest BCUT2D eigenvalue weighted by atomic mass is 10.0. The first-order chi connectivity index (χ1) is 8.66. The van der Waals surface area contributed by atoms with Crippen LogP contribution in [0.5, 0.6) is 0 Å². The predicted octanol–water partition coefficient (Wildman–Crippen LogP) is 2.75. The van der Waals surface area contributed by atoms with Gasteiger partial charge in [-0.15, -0.1) is 0 Å². The van der Waals surface area contributed by atoms with Crippen LogP contribution in [0.2, 0.25) is 0 Å². The molecule has 0 aromatic heterocycles. The Morgan fingerprint density at radius 3 is 2.16 bits per heavy atom. The summed E-state index contributed by atoms with van der Waals surface area (Å²) < 4.78 is 41.7. The molecule has 0 saturated heterocycles. The Morgan fingerprint density at radius 1 is 1.21 bits per heavy atom. The summed E-state index contributed by atoms with van der Waals surface area (Å²) in [7, 11) is 1.28. The zero-order valence-electron chi connectivity index (χ0n) is 11.0. The molecule has 0 unspecified atom stereocenters. The molecular weight excluding hydrogens is 259 g/mol. The lowest BCUT2D eigenvalue weighted by molar-refractivity contribution is -0.147. The van der Waals surface area contributed by atoms with Crippen LogP contribution in [0.25, 0.3) is 0 Å². The van der Waals surface area contributed by atoms with Crippen molar-refractivity contribution < 1.29 is 22.7 Å². The second kappa shape index (κ2) is 5.61. The van der Waals surface area contributed by atoms with E-state index in [1.165, 1.54) is 19.2 Å². The highest BCUT2D eigenvalue weighted by Gasteiger charge is 2.30. The van der Waals surface area contributed by atoms with Gasteiger partial charge >= 0.3 is 12.1 Å². The molecule has 19 heavy (non-hydrogen) atoms. The Labute approximate surface area is 109 Å². The SMILES string of the molecule is COC(=O)C(C)(C)NCc1ccc(C(F)(F)F)cc1. The summed E-state index contributed by atoms with van der Waals surface area (Å²) in [6, 6.07) is 4.79. The fourth-order valence-electron chi connectivity index (χ4n) is 1.46. The average molecular weight is 275 g/mol. The molecule has 1 aromatic carbocycles. The molecule has 1 N–H and O–H groups in total. The number of carbonyl (C=O) groups excluding carboxylic acids is 1. The number of ether oxygens (including phenoxy) is 1. The highest BCUT2D eigenvalue weighted by molar-refractivity contribution is 5.79. The lowest BCUT2D eigenvalue weighted by Crippen LogP contribution is -2.46. The minimum atomic E-state index is -4.34. The van der Waals surface area contributed by atoms with Crippen molar-refractivity contribution in [2.75, 3.05) is 7.11 Å². The van der Waals surface area contributed by atoms with Crippen molar-refractivity contribution in [2.45, 2.75) is 32.1 Å². The van der Waals surface area contributed by atoms with Gasteiger partial charge in [0.15, 0.2) is 0 Å². The van der Waals surface area contributed by atoms with E-state index in [2.05, 4.69) is 10.1 Å². The molecule has 3 nitrogen and oxygen atoms in total. The number of halogens is 3. The Balaban J connectivity index is 2.67. The minimum absolute atomic E-state index is 0.278. The summed E-state index contributed by atoms with van der Waals surface area (Å²) in [5.74, 6) is -0.431. The van der Waals surface area contributed by atoms with Gasteiger partial charge in [-0.2, -0.15) is 13.2 Å². The third kappa shape index (κ3) is 4.24. The number of alkyl halides is 3. The van der Waals surface area contributed by atoms with Gasteiger partial charge in [-0.25, -0.2) is 0 Å². The molecule has 1 rings (SSSR count). The number of nitrogens with one attached hydrogen (secondary N) is 1. The number of rotatable bonds is 4. The Kier molecular flexibility index (Phi) is 4.57. The van der Waals surface area contributed by atoms with Crippen molar-refractivity contribution >= 4 is 5.97 Å². The molecule has 0 saturated carbocycles. The van der Waals surface area contributed by atoms with E-state index in [0.29, 0.717) is 5.56 Å². The Bertz CT molecular complexity index is 438. The molecule has 0 atom stereocenters. The molecule has 106 valence electrons. The van der Waals surface area contributed by atoms with Gasteiger partial charge in [0.2, 0.25) is 0 Å². The number of methoxy groups -OCH3 is 1. The molecule has 0 spiro atoms. The summed E-state index contributed by atoms with van der Waals surface area (Å²) in [5, 5.41) is 2.93. The molecule has 0 aliphatic carbocycles. The summed E-state index contributed by atoms with van der Waals surface area (Å²) in [6.07, 6.45) is -4.34. The largest absolute Gasteiger partial charge is 0.468 e. The molecule has 0 bridgehead atoms. The van der Waals surface area contributed by atoms with Crippen molar-refractivity contribution in [3.8, 4) is 0 Å². The predicted molar refractivity (Wildman–Crippen MR) is 64.4 cm³/mol. The third-order valence-electron chi connectivity index (χ3n) is 2.71. The van der Waals surface area contributed by atoms with Crippen LogP contribution in [0, 0.1) is 0 Å². The van der Waals surface area contributed by atoms with E-state index in [0.717, 1.165) is 12.1 Å². The van der Waals surface area contributed by atoms with Crippen molar-refractivity contribution in [3.63, 3.8) is 0 Å². The normalized spacial score (nSPS) is 12.3. The van der Waals surface area contributed by atoms with Gasteiger partial charge in [0, 0.05) is 6.54 Å². The maximum atomic E-state index is 12.4. The van der Waals surface area contributed by atoms with Crippen molar-refractivity contribution in [3.05, 3.63) is 35.4 Å². The zero-order valence-corrected chi connectivity index (χ0v) is 11.0. The monoisotopic (exact) mass is 275 g/mol. The molecule has 0 aliphatic heterocycles. The maximum absolute atomic E-state index is 12.4. The third-order valence-corrected chi connectivity index (χ3v) is 2.71. The van der Waals surface area contributed by atoms with E-state index in [4.69, 9.17) is 0 Å². The van der Waals surface area contributed by atoms with Crippen LogP contribution < -0.4 is 5.32 Å². The van der Waals surface area contributed by atoms with Gasteiger partial charge < -0.3 is 4.74 Å². The van der Waals surface area contributed by atoms with Crippen LogP contribution in [-0.2, 0) is 22.3 Å². The number of hydrogen-bond acceptors (Lipinski definition) is 3. The lowest BCUT2D eigenvalue weighted by Gasteiger charge is -2.23. The smallest absolute Gasteiger partial charge is 0.416 e. The second-order valence-corrected chi connectivity index (χ2v) is 4.66. The van der Waals surface area contributed by atoms with Crippen LogP contribution in [0.1, 0.15) is 25.0 Å². The maximum Gasteiger partial charge on any atom is 0.416 e. The average Bonchev–Trinajstić information content (AvgIpc) is 2.35. The van der Waals surface area contributed by atoms with Crippen molar-refractivity contribution in [1.29, 1.82) is 0 Å². The minimum Gasteiger partial charge on any atom is -0.468 e. The molecule has 1 aromatic rings. The summed E-state index contributed by atoms with van der Waals surface area (Å²) >= 11 is 0. The Morgan fingerprint density at radius 2 is 1.74 bits per heavy atom. The molecule has 0 radical (unpaired) electrons. The molecule has 0 fully saturated rings. The number of carbonyl (C=O) groups is 1. The van der Waals surface area contributed by atoms with Crippen LogP contribution in [0.3, 0.4) is 0 Å². The molecule has 0 amide bonds. The van der Waals surface area contributed by atoms with E-state index in [-0.39, 0.29) is 6.54 Å². The first-order valence-electron chi connectivity index (χ1n) is 5.66. The van der Waals surface area contributed by atoms with Crippen molar-refractivity contribution in [2.24, 2.45) is 0 Å². The van der Waals surface area contributed by atoms with E-state index in [9.17, 15) is 18.0 Å². The van der Waals surface area contributed by atoms with Crippen LogP contribution >= 0.6 is 0 Å². The first-order valence-corrected chi connectivity index (χ1v) is 5.66. The second-order valence-electron chi connectivity index (χ2n) is 4.66. The standard InChI is InChI=1S/C13H16F3NO2/c1-12(2,11(18)19-3)17-8-9-4-6-10(7-5-9)13(14,15)16/h4-7,17H,8H2,1-3H3. The number of hydrogen-bond donors (Lipinski definition) is 1.